The maximum atomic E-state index is 12.2. The zero-order valence-corrected chi connectivity index (χ0v) is 13.8. The summed E-state index contributed by atoms with van der Waals surface area (Å²) in [6, 6.07) is 3.66. The zero-order valence-electron chi connectivity index (χ0n) is 13.0. The van der Waals surface area contributed by atoms with Crippen molar-refractivity contribution < 1.29 is 4.79 Å². The number of rotatable bonds is 7. The first-order valence-electron chi connectivity index (χ1n) is 6.98. The summed E-state index contributed by atoms with van der Waals surface area (Å²) in [4.78, 5) is 16.6. The highest BCUT2D eigenvalue weighted by Gasteiger charge is 2.11. The lowest BCUT2D eigenvalue weighted by atomic mass is 10.1. The molecule has 5 heteroatoms. The number of nitrogens with zero attached hydrogens (tertiary/aromatic N) is 1. The van der Waals surface area contributed by atoms with Gasteiger partial charge in [0, 0.05) is 30.1 Å². The van der Waals surface area contributed by atoms with E-state index >= 15 is 0 Å². The van der Waals surface area contributed by atoms with Crippen LogP contribution in [0.3, 0.4) is 0 Å². The molecule has 4 nitrogen and oxygen atoms in total. The summed E-state index contributed by atoms with van der Waals surface area (Å²) in [5, 5.41) is 6.54. The van der Waals surface area contributed by atoms with E-state index in [0.717, 1.165) is 17.9 Å². The van der Waals surface area contributed by atoms with Crippen LogP contribution in [0.2, 0.25) is 0 Å². The topological polar surface area (TPSA) is 54.0 Å². The fourth-order valence-electron chi connectivity index (χ4n) is 1.72. The molecule has 1 heterocycles. The molecule has 0 fully saturated rings. The number of pyridine rings is 1. The van der Waals surface area contributed by atoms with E-state index in [1.54, 1.807) is 6.07 Å². The van der Waals surface area contributed by atoms with Crippen LogP contribution in [-0.2, 0) is 0 Å². The monoisotopic (exact) mass is 295 g/mol. The quantitative estimate of drug-likeness (QED) is 0.811. The maximum absolute atomic E-state index is 12.2. The number of nitrogens with one attached hydrogen (secondary N) is 2. The standard InChI is InChI=1S/C15H25N3OS/c1-10(2)13-8-12(9-14(16-4)18-13)15(19)17-7-6-11(3)20-5/h8-11H,6-7H2,1-5H3,(H,16,18)(H,17,19). The molecule has 112 valence electrons. The van der Waals surface area contributed by atoms with Gasteiger partial charge in [-0.1, -0.05) is 20.8 Å². The van der Waals surface area contributed by atoms with Crippen molar-refractivity contribution in [3.63, 3.8) is 0 Å². The minimum absolute atomic E-state index is 0.0286. The van der Waals surface area contributed by atoms with Crippen LogP contribution in [0.15, 0.2) is 12.1 Å². The summed E-state index contributed by atoms with van der Waals surface area (Å²) in [6.45, 7) is 7.02. The fraction of sp³-hybridized carbons (Fsp3) is 0.600. The van der Waals surface area contributed by atoms with Crippen molar-refractivity contribution in [2.24, 2.45) is 0 Å². The number of carbonyl (C=O) groups is 1. The molecule has 1 amide bonds. The number of carbonyl (C=O) groups excluding carboxylic acids is 1. The fourth-order valence-corrected chi connectivity index (χ4v) is 2.07. The summed E-state index contributed by atoms with van der Waals surface area (Å²) in [6.07, 6.45) is 3.07. The Morgan fingerprint density at radius 3 is 2.60 bits per heavy atom. The molecule has 1 atom stereocenters. The number of anilines is 1. The highest BCUT2D eigenvalue weighted by Crippen LogP contribution is 2.17. The van der Waals surface area contributed by atoms with E-state index in [2.05, 4.69) is 42.6 Å². The molecule has 0 aromatic carbocycles. The van der Waals surface area contributed by atoms with Gasteiger partial charge < -0.3 is 10.6 Å². The number of thioether (sulfide) groups is 1. The number of aromatic nitrogens is 1. The molecule has 0 spiro atoms. The lowest BCUT2D eigenvalue weighted by Gasteiger charge is -2.12. The molecule has 0 bridgehead atoms. The summed E-state index contributed by atoms with van der Waals surface area (Å²) in [5.41, 5.74) is 1.60. The molecule has 0 saturated heterocycles. The van der Waals surface area contributed by atoms with Crippen molar-refractivity contribution in [1.82, 2.24) is 10.3 Å². The Balaban J connectivity index is 2.74. The summed E-state index contributed by atoms with van der Waals surface area (Å²) in [5.74, 6) is 1.00. The van der Waals surface area contributed by atoms with Crippen molar-refractivity contribution in [3.8, 4) is 0 Å². The van der Waals surface area contributed by atoms with E-state index in [4.69, 9.17) is 0 Å². The Morgan fingerprint density at radius 2 is 2.05 bits per heavy atom. The molecular weight excluding hydrogens is 270 g/mol. The number of hydrogen-bond donors (Lipinski definition) is 2. The second kappa shape index (κ2) is 8.15. The molecule has 0 aliphatic heterocycles. The van der Waals surface area contributed by atoms with Gasteiger partial charge in [-0.2, -0.15) is 11.8 Å². The van der Waals surface area contributed by atoms with Crippen molar-refractivity contribution in [2.45, 2.75) is 38.4 Å². The van der Waals surface area contributed by atoms with Crippen LogP contribution in [-0.4, -0.2) is 36.0 Å². The molecule has 0 radical (unpaired) electrons. The normalized spacial score (nSPS) is 12.3. The van der Waals surface area contributed by atoms with Gasteiger partial charge in [-0.25, -0.2) is 4.98 Å². The lowest BCUT2D eigenvalue weighted by molar-refractivity contribution is 0.0953. The first kappa shape index (κ1) is 16.8. The molecule has 1 aromatic rings. The number of amides is 1. The van der Waals surface area contributed by atoms with Crippen LogP contribution in [0.4, 0.5) is 5.82 Å². The number of hydrogen-bond acceptors (Lipinski definition) is 4. The van der Waals surface area contributed by atoms with Gasteiger partial charge in [0.2, 0.25) is 0 Å². The van der Waals surface area contributed by atoms with Crippen molar-refractivity contribution in [1.29, 1.82) is 0 Å². The summed E-state index contributed by atoms with van der Waals surface area (Å²) >= 11 is 1.81. The van der Waals surface area contributed by atoms with Crippen LogP contribution >= 0.6 is 11.8 Å². The minimum Gasteiger partial charge on any atom is -0.373 e. The van der Waals surface area contributed by atoms with Crippen LogP contribution in [0, 0.1) is 0 Å². The van der Waals surface area contributed by atoms with E-state index in [1.807, 2.05) is 24.9 Å². The Labute approximate surface area is 126 Å². The first-order valence-corrected chi connectivity index (χ1v) is 8.27. The molecule has 0 aliphatic carbocycles. The van der Waals surface area contributed by atoms with E-state index in [9.17, 15) is 4.79 Å². The smallest absolute Gasteiger partial charge is 0.251 e. The Hall–Kier alpha value is -1.23. The van der Waals surface area contributed by atoms with Gasteiger partial charge in [0.1, 0.15) is 5.82 Å². The first-order chi connectivity index (χ1) is 9.47. The van der Waals surface area contributed by atoms with Crippen molar-refractivity contribution >= 4 is 23.5 Å². The third-order valence-electron chi connectivity index (χ3n) is 3.19. The Bertz CT molecular complexity index is 449. The van der Waals surface area contributed by atoms with Gasteiger partial charge in [0.05, 0.1) is 0 Å². The van der Waals surface area contributed by atoms with Gasteiger partial charge in [0.25, 0.3) is 5.91 Å². The average Bonchev–Trinajstić information content (AvgIpc) is 2.46. The third kappa shape index (κ3) is 5.04. The Morgan fingerprint density at radius 1 is 1.35 bits per heavy atom. The van der Waals surface area contributed by atoms with E-state index in [0.29, 0.717) is 23.3 Å². The molecule has 1 aromatic heterocycles. The molecular formula is C15H25N3OS. The molecule has 0 aliphatic rings. The largest absolute Gasteiger partial charge is 0.373 e. The van der Waals surface area contributed by atoms with E-state index < -0.39 is 0 Å². The third-order valence-corrected chi connectivity index (χ3v) is 4.23. The van der Waals surface area contributed by atoms with E-state index in [-0.39, 0.29) is 5.91 Å². The van der Waals surface area contributed by atoms with Gasteiger partial charge in [-0.15, -0.1) is 0 Å². The molecule has 0 saturated carbocycles. The van der Waals surface area contributed by atoms with E-state index in [1.165, 1.54) is 0 Å². The van der Waals surface area contributed by atoms with Gasteiger partial charge in [-0.05, 0) is 30.7 Å². The highest BCUT2D eigenvalue weighted by molar-refractivity contribution is 7.99. The molecule has 1 unspecified atom stereocenters. The average molecular weight is 295 g/mol. The molecule has 2 N–H and O–H groups in total. The highest BCUT2D eigenvalue weighted by atomic mass is 32.2. The summed E-state index contributed by atoms with van der Waals surface area (Å²) < 4.78 is 0. The van der Waals surface area contributed by atoms with Crippen LogP contribution in [0.25, 0.3) is 0 Å². The summed E-state index contributed by atoms with van der Waals surface area (Å²) in [7, 11) is 1.81. The predicted molar refractivity (Wildman–Crippen MR) is 87.8 cm³/mol. The van der Waals surface area contributed by atoms with Crippen LogP contribution < -0.4 is 10.6 Å². The van der Waals surface area contributed by atoms with Crippen LogP contribution in [0.1, 0.15) is 49.2 Å². The minimum atomic E-state index is -0.0286. The predicted octanol–water partition coefficient (Wildman–Crippen LogP) is 3.12. The van der Waals surface area contributed by atoms with Gasteiger partial charge >= 0.3 is 0 Å². The maximum Gasteiger partial charge on any atom is 0.251 e. The second-order valence-electron chi connectivity index (χ2n) is 5.16. The van der Waals surface area contributed by atoms with Crippen molar-refractivity contribution in [2.75, 3.05) is 25.2 Å². The lowest BCUT2D eigenvalue weighted by Crippen LogP contribution is -2.26. The Kier molecular flexibility index (Phi) is 6.85. The van der Waals surface area contributed by atoms with Crippen LogP contribution in [0.5, 0.6) is 0 Å². The molecule has 20 heavy (non-hydrogen) atoms. The molecule has 1 rings (SSSR count). The van der Waals surface area contributed by atoms with Gasteiger partial charge in [0.15, 0.2) is 0 Å². The van der Waals surface area contributed by atoms with Gasteiger partial charge in [-0.3, -0.25) is 4.79 Å². The zero-order chi connectivity index (χ0) is 15.1. The second-order valence-corrected chi connectivity index (χ2v) is 6.44. The SMILES string of the molecule is CNc1cc(C(=O)NCCC(C)SC)cc(C(C)C)n1. The van der Waals surface area contributed by atoms with Crippen molar-refractivity contribution in [3.05, 3.63) is 23.4 Å².